The van der Waals surface area contributed by atoms with Crippen LogP contribution in [0.5, 0.6) is 0 Å². The number of hydrogen-bond acceptors (Lipinski definition) is 2. The molecule has 0 radical (unpaired) electrons. The first kappa shape index (κ1) is 13.8. The molecule has 1 saturated heterocycles. The minimum absolute atomic E-state index is 0.0611. The Labute approximate surface area is 112 Å². The fourth-order valence-electron chi connectivity index (χ4n) is 2.46. The zero-order chi connectivity index (χ0) is 13.2. The Morgan fingerprint density at radius 2 is 2.33 bits per heavy atom. The molecule has 1 heterocycles. The molecule has 0 spiro atoms. The molecule has 2 atom stereocenters. The zero-order valence-electron chi connectivity index (χ0n) is 10.5. The number of aliphatic hydroxyl groups is 1. The number of ether oxygens (including phenoxy) is 1. The molecular formula is C14H18ClFO2. The molecule has 1 aromatic carbocycles. The molecule has 18 heavy (non-hydrogen) atoms. The van der Waals surface area contributed by atoms with Crippen LogP contribution in [0.2, 0.25) is 5.02 Å². The van der Waals surface area contributed by atoms with Crippen molar-refractivity contribution in [2.24, 2.45) is 0 Å². The fourth-order valence-corrected chi connectivity index (χ4v) is 2.66. The van der Waals surface area contributed by atoms with E-state index in [0.717, 1.165) is 6.42 Å². The highest BCUT2D eigenvalue weighted by atomic mass is 35.5. The molecule has 4 heteroatoms. The minimum Gasteiger partial charge on any atom is -0.389 e. The van der Waals surface area contributed by atoms with Gasteiger partial charge < -0.3 is 9.84 Å². The van der Waals surface area contributed by atoms with E-state index in [1.165, 1.54) is 6.07 Å². The first-order valence-electron chi connectivity index (χ1n) is 6.31. The van der Waals surface area contributed by atoms with Crippen molar-refractivity contribution >= 4 is 11.6 Å². The van der Waals surface area contributed by atoms with Crippen molar-refractivity contribution in [3.05, 3.63) is 34.6 Å². The van der Waals surface area contributed by atoms with Crippen molar-refractivity contribution in [1.82, 2.24) is 0 Å². The summed E-state index contributed by atoms with van der Waals surface area (Å²) in [6.45, 7) is 2.55. The highest BCUT2D eigenvalue weighted by molar-refractivity contribution is 6.30. The lowest BCUT2D eigenvalue weighted by molar-refractivity contribution is -0.103. The highest BCUT2D eigenvalue weighted by Gasteiger charge is 2.35. The van der Waals surface area contributed by atoms with Crippen LogP contribution in [0.25, 0.3) is 0 Å². The minimum atomic E-state index is -0.884. The van der Waals surface area contributed by atoms with E-state index in [-0.39, 0.29) is 11.1 Å². The van der Waals surface area contributed by atoms with E-state index in [4.69, 9.17) is 16.3 Å². The molecule has 1 N–H and O–H groups in total. The van der Waals surface area contributed by atoms with Gasteiger partial charge in [0.15, 0.2) is 0 Å². The Balaban J connectivity index is 2.14. The van der Waals surface area contributed by atoms with Crippen molar-refractivity contribution in [3.63, 3.8) is 0 Å². The SMILES string of the molecule is CCC1CC(O)(Cc2cccc(Cl)c2F)CCO1. The van der Waals surface area contributed by atoms with E-state index in [1.54, 1.807) is 12.1 Å². The second kappa shape index (κ2) is 5.55. The summed E-state index contributed by atoms with van der Waals surface area (Å²) < 4.78 is 19.4. The van der Waals surface area contributed by atoms with E-state index in [9.17, 15) is 9.50 Å². The van der Waals surface area contributed by atoms with Crippen LogP contribution < -0.4 is 0 Å². The van der Waals surface area contributed by atoms with E-state index in [0.29, 0.717) is 31.4 Å². The average molecular weight is 273 g/mol. The first-order valence-corrected chi connectivity index (χ1v) is 6.69. The number of halogens is 2. The van der Waals surface area contributed by atoms with Crippen LogP contribution in [-0.4, -0.2) is 23.4 Å². The van der Waals surface area contributed by atoms with E-state index in [1.807, 2.05) is 6.92 Å². The van der Waals surface area contributed by atoms with E-state index < -0.39 is 11.4 Å². The summed E-state index contributed by atoms with van der Waals surface area (Å²) in [6, 6.07) is 4.90. The molecule has 0 bridgehead atoms. The van der Waals surface area contributed by atoms with Gasteiger partial charge in [0, 0.05) is 19.4 Å². The van der Waals surface area contributed by atoms with Gasteiger partial charge in [0.1, 0.15) is 5.82 Å². The summed E-state index contributed by atoms with van der Waals surface area (Å²) in [5, 5.41) is 10.7. The van der Waals surface area contributed by atoms with Crippen LogP contribution in [0.1, 0.15) is 31.7 Å². The van der Waals surface area contributed by atoms with Crippen molar-refractivity contribution in [2.45, 2.75) is 44.3 Å². The average Bonchev–Trinajstić information content (AvgIpc) is 2.35. The maximum atomic E-state index is 13.8. The van der Waals surface area contributed by atoms with Gasteiger partial charge in [0.2, 0.25) is 0 Å². The molecule has 1 fully saturated rings. The lowest BCUT2D eigenvalue weighted by Gasteiger charge is -2.36. The monoisotopic (exact) mass is 272 g/mol. The first-order chi connectivity index (χ1) is 8.54. The Kier molecular flexibility index (Phi) is 4.25. The number of benzene rings is 1. The fraction of sp³-hybridized carbons (Fsp3) is 0.571. The van der Waals surface area contributed by atoms with Crippen LogP contribution in [-0.2, 0) is 11.2 Å². The van der Waals surface area contributed by atoms with E-state index in [2.05, 4.69) is 0 Å². The van der Waals surface area contributed by atoms with Crippen molar-refractivity contribution in [2.75, 3.05) is 6.61 Å². The largest absolute Gasteiger partial charge is 0.389 e. The lowest BCUT2D eigenvalue weighted by Crippen LogP contribution is -2.42. The van der Waals surface area contributed by atoms with Gasteiger partial charge in [-0.05, 0) is 24.5 Å². The second-order valence-electron chi connectivity index (χ2n) is 4.97. The third-order valence-electron chi connectivity index (χ3n) is 3.54. The van der Waals surface area contributed by atoms with Crippen LogP contribution in [0.4, 0.5) is 4.39 Å². The Bertz CT molecular complexity index is 424. The highest BCUT2D eigenvalue weighted by Crippen LogP contribution is 2.31. The number of hydrogen-bond donors (Lipinski definition) is 1. The smallest absolute Gasteiger partial charge is 0.145 e. The molecule has 0 saturated carbocycles. The van der Waals surface area contributed by atoms with Gasteiger partial charge in [-0.2, -0.15) is 0 Å². The summed E-state index contributed by atoms with van der Waals surface area (Å²) >= 11 is 5.75. The summed E-state index contributed by atoms with van der Waals surface area (Å²) in [4.78, 5) is 0. The summed E-state index contributed by atoms with van der Waals surface area (Å²) in [6.07, 6.45) is 2.30. The van der Waals surface area contributed by atoms with Crippen LogP contribution in [0.3, 0.4) is 0 Å². The van der Waals surface area contributed by atoms with Crippen molar-refractivity contribution in [1.29, 1.82) is 0 Å². The predicted octanol–water partition coefficient (Wildman–Crippen LogP) is 3.34. The molecular weight excluding hydrogens is 255 g/mol. The van der Waals surface area contributed by atoms with Gasteiger partial charge in [-0.15, -0.1) is 0 Å². The van der Waals surface area contributed by atoms with Gasteiger partial charge in [-0.3, -0.25) is 0 Å². The molecule has 1 aliphatic heterocycles. The van der Waals surface area contributed by atoms with Crippen LogP contribution >= 0.6 is 11.6 Å². The third-order valence-corrected chi connectivity index (χ3v) is 3.83. The standard InChI is InChI=1S/C14H18ClFO2/c1-2-11-9-14(17,6-7-18-11)8-10-4-3-5-12(15)13(10)16/h3-5,11,17H,2,6-9H2,1H3. The molecule has 2 nitrogen and oxygen atoms in total. The molecule has 2 unspecified atom stereocenters. The molecule has 0 aromatic heterocycles. The van der Waals surface area contributed by atoms with Crippen LogP contribution in [0, 0.1) is 5.82 Å². The number of rotatable bonds is 3. The van der Waals surface area contributed by atoms with Gasteiger partial charge >= 0.3 is 0 Å². The topological polar surface area (TPSA) is 29.5 Å². The van der Waals surface area contributed by atoms with Crippen LogP contribution in [0.15, 0.2) is 18.2 Å². The van der Waals surface area contributed by atoms with E-state index >= 15 is 0 Å². The quantitative estimate of drug-likeness (QED) is 0.914. The molecule has 0 aliphatic carbocycles. The lowest BCUT2D eigenvalue weighted by atomic mass is 9.84. The second-order valence-corrected chi connectivity index (χ2v) is 5.38. The van der Waals surface area contributed by atoms with Gasteiger partial charge in [-0.25, -0.2) is 4.39 Å². The maximum Gasteiger partial charge on any atom is 0.145 e. The molecule has 100 valence electrons. The van der Waals surface area contributed by atoms with Gasteiger partial charge in [0.05, 0.1) is 16.7 Å². The summed E-state index contributed by atoms with van der Waals surface area (Å²) in [7, 11) is 0. The van der Waals surface area contributed by atoms with Gasteiger partial charge in [0.25, 0.3) is 0 Å². The Morgan fingerprint density at radius 3 is 3.06 bits per heavy atom. The summed E-state index contributed by atoms with van der Waals surface area (Å²) in [5.74, 6) is -0.424. The maximum absolute atomic E-state index is 13.8. The molecule has 1 aromatic rings. The third kappa shape index (κ3) is 3.02. The van der Waals surface area contributed by atoms with Crippen molar-refractivity contribution < 1.29 is 14.2 Å². The van der Waals surface area contributed by atoms with Gasteiger partial charge in [-0.1, -0.05) is 30.7 Å². The Morgan fingerprint density at radius 1 is 1.56 bits per heavy atom. The molecule has 0 amide bonds. The normalized spacial score (nSPS) is 28.3. The predicted molar refractivity (Wildman–Crippen MR) is 69.3 cm³/mol. The molecule has 2 rings (SSSR count). The Hall–Kier alpha value is -0.640. The zero-order valence-corrected chi connectivity index (χ0v) is 11.2. The summed E-state index contributed by atoms with van der Waals surface area (Å²) in [5.41, 5.74) is -0.411. The molecule has 1 aliphatic rings. The van der Waals surface area contributed by atoms with Crippen molar-refractivity contribution in [3.8, 4) is 0 Å².